The van der Waals surface area contributed by atoms with Gasteiger partial charge in [0.15, 0.2) is 0 Å². The Kier molecular flexibility index (Phi) is 5.76. The van der Waals surface area contributed by atoms with Gasteiger partial charge in [-0.1, -0.05) is 13.0 Å². The Hall–Kier alpha value is -0.930. The normalized spacial score (nSPS) is 13.1. The summed E-state index contributed by atoms with van der Waals surface area (Å²) in [5, 5.41) is 3.39. The molecule has 0 aliphatic carbocycles. The number of hydrogen-bond donors (Lipinski definition) is 1. The van der Waals surface area contributed by atoms with Gasteiger partial charge in [-0.05, 0) is 64.6 Å². The first-order chi connectivity index (χ1) is 8.45. The van der Waals surface area contributed by atoms with Gasteiger partial charge in [0.1, 0.15) is 5.82 Å². The van der Waals surface area contributed by atoms with E-state index in [2.05, 4.69) is 23.2 Å². The van der Waals surface area contributed by atoms with Crippen LogP contribution in [0.5, 0.6) is 0 Å². The van der Waals surface area contributed by atoms with E-state index >= 15 is 0 Å². The van der Waals surface area contributed by atoms with Crippen LogP contribution in [0.15, 0.2) is 12.1 Å². The van der Waals surface area contributed by atoms with Crippen molar-refractivity contribution in [3.05, 3.63) is 34.6 Å². The fourth-order valence-electron chi connectivity index (χ4n) is 2.35. The van der Waals surface area contributed by atoms with Gasteiger partial charge in [-0.25, -0.2) is 4.39 Å². The molecule has 18 heavy (non-hydrogen) atoms. The molecule has 1 rings (SSSR count). The summed E-state index contributed by atoms with van der Waals surface area (Å²) < 4.78 is 14.2. The van der Waals surface area contributed by atoms with Crippen LogP contribution in [0.4, 0.5) is 4.39 Å². The topological polar surface area (TPSA) is 15.3 Å². The number of aryl methyl sites for hydroxylation is 2. The molecule has 0 radical (unpaired) electrons. The predicted molar refractivity (Wildman–Crippen MR) is 75.5 cm³/mol. The summed E-state index contributed by atoms with van der Waals surface area (Å²) in [5.74, 6) is -0.0859. The average Bonchev–Trinajstić information content (AvgIpc) is 2.24. The maximum atomic E-state index is 14.2. The lowest BCUT2D eigenvalue weighted by Gasteiger charge is -2.23. The minimum absolute atomic E-state index is 0.0859. The first-order valence-corrected chi connectivity index (χ1v) is 6.60. The van der Waals surface area contributed by atoms with Crippen LogP contribution in [0.2, 0.25) is 0 Å². The molecule has 1 atom stereocenters. The van der Waals surface area contributed by atoms with Crippen LogP contribution in [0, 0.1) is 19.7 Å². The summed E-state index contributed by atoms with van der Waals surface area (Å²) in [5.41, 5.74) is 2.85. The van der Waals surface area contributed by atoms with Crippen LogP contribution in [-0.4, -0.2) is 32.1 Å². The molecule has 3 heteroatoms. The molecule has 0 bridgehead atoms. The molecule has 0 saturated carbocycles. The molecule has 1 N–H and O–H groups in total. The Labute approximate surface area is 110 Å². The largest absolute Gasteiger partial charge is 0.310 e. The fraction of sp³-hybridized carbons (Fsp3) is 0.600. The highest BCUT2D eigenvalue weighted by molar-refractivity contribution is 5.34. The maximum Gasteiger partial charge on any atom is 0.128 e. The van der Waals surface area contributed by atoms with Gasteiger partial charge < -0.3 is 10.2 Å². The van der Waals surface area contributed by atoms with Crippen LogP contribution in [0.3, 0.4) is 0 Å². The lowest BCUT2D eigenvalue weighted by atomic mass is 9.96. The lowest BCUT2D eigenvalue weighted by Crippen LogP contribution is -2.27. The second-order valence-corrected chi connectivity index (χ2v) is 5.18. The zero-order chi connectivity index (χ0) is 13.7. The highest BCUT2D eigenvalue weighted by Crippen LogP contribution is 2.25. The van der Waals surface area contributed by atoms with E-state index in [0.29, 0.717) is 0 Å². The second kappa shape index (κ2) is 6.86. The van der Waals surface area contributed by atoms with Crippen molar-refractivity contribution in [2.45, 2.75) is 33.2 Å². The molecule has 0 fully saturated rings. The summed E-state index contributed by atoms with van der Waals surface area (Å²) in [6, 6.07) is 3.78. The van der Waals surface area contributed by atoms with Crippen LogP contribution in [0.25, 0.3) is 0 Å². The van der Waals surface area contributed by atoms with Gasteiger partial charge in [0.25, 0.3) is 0 Å². The number of hydrogen-bond acceptors (Lipinski definition) is 2. The first kappa shape index (κ1) is 15.1. The minimum Gasteiger partial charge on any atom is -0.310 e. The fourth-order valence-corrected chi connectivity index (χ4v) is 2.35. The molecule has 0 aromatic heterocycles. The van der Waals surface area contributed by atoms with E-state index in [0.717, 1.165) is 36.2 Å². The molecule has 1 aromatic rings. The maximum absolute atomic E-state index is 14.2. The smallest absolute Gasteiger partial charge is 0.128 e. The Morgan fingerprint density at radius 1 is 1.28 bits per heavy atom. The molecule has 0 saturated heterocycles. The van der Waals surface area contributed by atoms with E-state index in [-0.39, 0.29) is 11.9 Å². The number of benzene rings is 1. The monoisotopic (exact) mass is 252 g/mol. The van der Waals surface area contributed by atoms with Gasteiger partial charge >= 0.3 is 0 Å². The van der Waals surface area contributed by atoms with E-state index in [1.807, 2.05) is 27.9 Å². The van der Waals surface area contributed by atoms with Crippen LogP contribution >= 0.6 is 0 Å². The summed E-state index contributed by atoms with van der Waals surface area (Å²) in [6.45, 7) is 7.78. The number of rotatable bonds is 6. The van der Waals surface area contributed by atoms with Crippen molar-refractivity contribution in [2.24, 2.45) is 0 Å². The Morgan fingerprint density at radius 3 is 2.44 bits per heavy atom. The SMILES string of the molecule is CCNC(CCN(C)C)c1c(C)cc(C)cc1F. The summed E-state index contributed by atoms with van der Waals surface area (Å²) >= 11 is 0. The zero-order valence-corrected chi connectivity index (χ0v) is 12.2. The molecule has 0 spiro atoms. The lowest BCUT2D eigenvalue weighted by molar-refractivity contribution is 0.358. The van der Waals surface area contributed by atoms with E-state index in [4.69, 9.17) is 0 Å². The van der Waals surface area contributed by atoms with Gasteiger partial charge in [-0.3, -0.25) is 0 Å². The van der Waals surface area contributed by atoms with E-state index in [1.165, 1.54) is 0 Å². The van der Waals surface area contributed by atoms with Crippen molar-refractivity contribution >= 4 is 0 Å². The Bertz CT molecular complexity index is 365. The van der Waals surface area contributed by atoms with Crippen molar-refractivity contribution < 1.29 is 4.39 Å². The number of nitrogens with one attached hydrogen (secondary N) is 1. The predicted octanol–water partition coefficient (Wildman–Crippen LogP) is 3.04. The van der Waals surface area contributed by atoms with Crippen molar-refractivity contribution in [1.29, 1.82) is 0 Å². The Balaban J connectivity index is 2.97. The third kappa shape index (κ3) is 4.07. The average molecular weight is 252 g/mol. The van der Waals surface area contributed by atoms with Crippen molar-refractivity contribution in [1.82, 2.24) is 10.2 Å². The molecule has 2 nitrogen and oxygen atoms in total. The first-order valence-electron chi connectivity index (χ1n) is 6.60. The molecular formula is C15H25FN2. The number of nitrogens with zero attached hydrogens (tertiary/aromatic N) is 1. The Morgan fingerprint density at radius 2 is 1.94 bits per heavy atom. The van der Waals surface area contributed by atoms with Crippen LogP contribution < -0.4 is 5.32 Å². The van der Waals surface area contributed by atoms with Gasteiger partial charge in [0.05, 0.1) is 0 Å². The molecule has 0 heterocycles. The minimum atomic E-state index is -0.0859. The molecule has 102 valence electrons. The summed E-state index contributed by atoms with van der Waals surface area (Å²) in [4.78, 5) is 2.13. The van der Waals surface area contributed by atoms with Crippen LogP contribution in [-0.2, 0) is 0 Å². The third-order valence-electron chi connectivity index (χ3n) is 3.14. The van der Waals surface area contributed by atoms with E-state index in [1.54, 1.807) is 6.07 Å². The highest BCUT2D eigenvalue weighted by atomic mass is 19.1. The zero-order valence-electron chi connectivity index (χ0n) is 12.2. The quantitative estimate of drug-likeness (QED) is 0.837. The molecule has 1 unspecified atom stereocenters. The molecule has 0 aliphatic rings. The van der Waals surface area contributed by atoms with E-state index in [9.17, 15) is 4.39 Å². The van der Waals surface area contributed by atoms with E-state index < -0.39 is 0 Å². The summed E-state index contributed by atoms with van der Waals surface area (Å²) in [7, 11) is 4.09. The highest BCUT2D eigenvalue weighted by Gasteiger charge is 2.17. The number of halogens is 1. The van der Waals surface area contributed by atoms with Crippen molar-refractivity contribution in [3.63, 3.8) is 0 Å². The molecule has 0 aliphatic heterocycles. The van der Waals surface area contributed by atoms with Gasteiger partial charge in [-0.2, -0.15) is 0 Å². The standard InChI is InChI=1S/C15H25FN2/c1-6-17-14(7-8-18(4)5)15-12(3)9-11(2)10-13(15)16/h9-10,14,17H,6-8H2,1-5H3. The third-order valence-corrected chi connectivity index (χ3v) is 3.14. The van der Waals surface area contributed by atoms with Gasteiger partial charge in [0, 0.05) is 11.6 Å². The van der Waals surface area contributed by atoms with Gasteiger partial charge in [0.2, 0.25) is 0 Å². The van der Waals surface area contributed by atoms with Gasteiger partial charge in [-0.15, -0.1) is 0 Å². The second-order valence-electron chi connectivity index (χ2n) is 5.18. The molecule has 1 aromatic carbocycles. The van der Waals surface area contributed by atoms with Crippen molar-refractivity contribution in [3.8, 4) is 0 Å². The molecule has 0 amide bonds. The summed E-state index contributed by atoms with van der Waals surface area (Å²) in [6.07, 6.45) is 0.918. The van der Waals surface area contributed by atoms with Crippen molar-refractivity contribution in [2.75, 3.05) is 27.2 Å². The molecular weight excluding hydrogens is 227 g/mol. The van der Waals surface area contributed by atoms with Crippen LogP contribution in [0.1, 0.15) is 36.1 Å².